The number of aromatic nitrogens is 2. The van der Waals surface area contributed by atoms with Gasteiger partial charge < -0.3 is 20.5 Å². The van der Waals surface area contributed by atoms with E-state index < -0.39 is 18.0 Å². The molecule has 1 aromatic carbocycles. The Morgan fingerprint density at radius 2 is 2.08 bits per heavy atom. The first-order valence-corrected chi connectivity index (χ1v) is 7.91. The van der Waals surface area contributed by atoms with E-state index in [4.69, 9.17) is 9.84 Å². The molecular weight excluding hydrogens is 340 g/mol. The van der Waals surface area contributed by atoms with Crippen molar-refractivity contribution in [2.24, 2.45) is 0 Å². The first kappa shape index (κ1) is 19.0. The van der Waals surface area contributed by atoms with E-state index in [-0.39, 0.29) is 18.5 Å². The Kier molecular flexibility index (Phi) is 6.31. The molecule has 0 spiro atoms. The number of urea groups is 1. The number of anilines is 1. The van der Waals surface area contributed by atoms with Gasteiger partial charge in [-0.1, -0.05) is 0 Å². The van der Waals surface area contributed by atoms with E-state index in [1.54, 1.807) is 29.2 Å². The number of carbonyl (C=O) groups excluding carboxylic acids is 2. The third-order valence-corrected chi connectivity index (χ3v) is 3.48. The number of ether oxygens (including phenoxy) is 1. The molecule has 9 heteroatoms. The average Bonchev–Trinajstić information content (AvgIpc) is 3.04. The maximum Gasteiger partial charge on any atom is 0.337 e. The molecule has 1 aromatic heterocycles. The first-order chi connectivity index (χ1) is 12.4. The molecule has 9 nitrogen and oxygen atoms in total. The summed E-state index contributed by atoms with van der Waals surface area (Å²) in [6.45, 7) is 2.10. The van der Waals surface area contributed by atoms with Gasteiger partial charge >= 0.3 is 18.0 Å². The molecule has 3 N–H and O–H groups in total. The molecule has 138 valence electrons. The fourth-order valence-electron chi connectivity index (χ4n) is 2.23. The lowest BCUT2D eigenvalue weighted by Crippen LogP contribution is -2.30. The molecule has 2 rings (SSSR count). The summed E-state index contributed by atoms with van der Waals surface area (Å²) in [5, 5.41) is 18.0. The molecule has 2 aromatic rings. The molecule has 26 heavy (non-hydrogen) atoms. The topological polar surface area (TPSA) is 123 Å². The molecule has 0 saturated heterocycles. The van der Waals surface area contributed by atoms with Crippen molar-refractivity contribution in [2.75, 3.05) is 19.0 Å². The summed E-state index contributed by atoms with van der Waals surface area (Å²) in [4.78, 5) is 34.3. The van der Waals surface area contributed by atoms with Crippen molar-refractivity contribution in [1.82, 2.24) is 15.1 Å². The lowest BCUT2D eigenvalue weighted by Gasteiger charge is -2.13. The number of carboxylic acid groups (broad SMARTS) is 1. The van der Waals surface area contributed by atoms with E-state index in [2.05, 4.69) is 15.7 Å². The predicted molar refractivity (Wildman–Crippen MR) is 93.5 cm³/mol. The Bertz CT molecular complexity index is 815. The molecule has 1 heterocycles. The Morgan fingerprint density at radius 1 is 1.31 bits per heavy atom. The van der Waals surface area contributed by atoms with Gasteiger partial charge in [0.2, 0.25) is 0 Å². The summed E-state index contributed by atoms with van der Waals surface area (Å²) in [6, 6.07) is 4.21. The molecule has 0 bridgehead atoms. The number of nitrogens with zero attached hydrogens (tertiary/aromatic N) is 2. The van der Waals surface area contributed by atoms with Gasteiger partial charge in [-0.3, -0.25) is 4.79 Å². The van der Waals surface area contributed by atoms with E-state index >= 15 is 0 Å². The number of methoxy groups -OCH3 is 1. The van der Waals surface area contributed by atoms with Crippen LogP contribution in [0.1, 0.15) is 28.8 Å². The monoisotopic (exact) mass is 360 g/mol. The number of amides is 2. The van der Waals surface area contributed by atoms with Gasteiger partial charge in [-0.2, -0.15) is 5.10 Å². The largest absolute Gasteiger partial charge is 0.481 e. The number of aliphatic carboxylic acids is 1. The lowest BCUT2D eigenvalue weighted by atomic mass is 10.1. The second-order valence-electron chi connectivity index (χ2n) is 5.56. The van der Waals surface area contributed by atoms with Crippen molar-refractivity contribution in [3.63, 3.8) is 0 Å². The summed E-state index contributed by atoms with van der Waals surface area (Å²) < 4.78 is 6.28. The van der Waals surface area contributed by atoms with E-state index in [0.717, 1.165) is 5.56 Å². The fraction of sp³-hybridized carbons (Fsp3) is 0.294. The van der Waals surface area contributed by atoms with Crippen LogP contribution >= 0.6 is 0 Å². The molecule has 0 saturated carbocycles. The summed E-state index contributed by atoms with van der Waals surface area (Å²) in [6.07, 6.45) is 3.74. The van der Waals surface area contributed by atoms with Crippen LogP contribution < -0.4 is 10.6 Å². The number of hydrogen-bond acceptors (Lipinski definition) is 5. The minimum Gasteiger partial charge on any atom is -0.481 e. The average molecular weight is 360 g/mol. The number of carbonyl (C=O) groups is 3. The fourth-order valence-corrected chi connectivity index (χ4v) is 2.23. The van der Waals surface area contributed by atoms with Crippen LogP contribution in [0.4, 0.5) is 10.5 Å². The van der Waals surface area contributed by atoms with Crippen molar-refractivity contribution in [3.8, 4) is 5.69 Å². The molecule has 0 unspecified atom stereocenters. The summed E-state index contributed by atoms with van der Waals surface area (Å²) in [7, 11) is 1.27. The van der Waals surface area contributed by atoms with Gasteiger partial charge in [0.15, 0.2) is 0 Å². The molecular formula is C17H20N4O5. The highest BCUT2D eigenvalue weighted by Crippen LogP contribution is 2.22. The molecule has 0 aliphatic rings. The normalized spacial score (nSPS) is 10.2. The van der Waals surface area contributed by atoms with Gasteiger partial charge in [0, 0.05) is 19.2 Å². The zero-order valence-electron chi connectivity index (χ0n) is 14.5. The van der Waals surface area contributed by atoms with Gasteiger partial charge in [-0.25, -0.2) is 14.3 Å². The standard InChI is InChI=1S/C17H20N4O5/c1-11-9-19-21(10-11)14-6-5-12(16(24)26-2)8-13(14)20-17(25)18-7-3-4-15(22)23/h5-6,8-10H,3-4,7H2,1-2H3,(H,22,23)(H2,18,20,25). The number of aryl methyl sites for hydroxylation is 1. The Hall–Kier alpha value is -3.36. The minimum atomic E-state index is -0.922. The van der Waals surface area contributed by atoms with Gasteiger partial charge in [0.25, 0.3) is 0 Å². The highest BCUT2D eigenvalue weighted by atomic mass is 16.5. The van der Waals surface area contributed by atoms with Crippen molar-refractivity contribution in [1.29, 1.82) is 0 Å². The van der Waals surface area contributed by atoms with Crippen molar-refractivity contribution < 1.29 is 24.2 Å². The number of hydrogen-bond donors (Lipinski definition) is 3. The maximum atomic E-state index is 12.1. The summed E-state index contributed by atoms with van der Waals surface area (Å²) >= 11 is 0. The van der Waals surface area contributed by atoms with Crippen LogP contribution in [0.2, 0.25) is 0 Å². The van der Waals surface area contributed by atoms with Crippen LogP contribution in [-0.4, -0.2) is 46.5 Å². The van der Waals surface area contributed by atoms with Crippen LogP contribution in [0, 0.1) is 6.92 Å². The van der Waals surface area contributed by atoms with Gasteiger partial charge in [-0.15, -0.1) is 0 Å². The first-order valence-electron chi connectivity index (χ1n) is 7.91. The molecule has 0 atom stereocenters. The van der Waals surface area contributed by atoms with Gasteiger partial charge in [0.05, 0.1) is 30.2 Å². The Labute approximate surface area is 150 Å². The maximum absolute atomic E-state index is 12.1. The van der Waals surface area contributed by atoms with E-state index in [1.165, 1.54) is 13.2 Å². The quantitative estimate of drug-likeness (QED) is 0.512. The zero-order chi connectivity index (χ0) is 19.1. The number of esters is 1. The highest BCUT2D eigenvalue weighted by molar-refractivity contribution is 5.96. The van der Waals surface area contributed by atoms with E-state index in [0.29, 0.717) is 17.8 Å². The molecule has 0 aliphatic carbocycles. The van der Waals surface area contributed by atoms with Crippen LogP contribution in [0.3, 0.4) is 0 Å². The van der Waals surface area contributed by atoms with Crippen LogP contribution in [0.25, 0.3) is 5.69 Å². The molecule has 2 amide bonds. The van der Waals surface area contributed by atoms with E-state index in [9.17, 15) is 14.4 Å². The van der Waals surface area contributed by atoms with Gasteiger partial charge in [0.1, 0.15) is 0 Å². The SMILES string of the molecule is COC(=O)c1ccc(-n2cc(C)cn2)c(NC(=O)NCCCC(=O)O)c1. The molecule has 0 aliphatic heterocycles. The highest BCUT2D eigenvalue weighted by Gasteiger charge is 2.14. The second-order valence-corrected chi connectivity index (χ2v) is 5.56. The number of benzene rings is 1. The number of nitrogens with one attached hydrogen (secondary N) is 2. The smallest absolute Gasteiger partial charge is 0.337 e. The minimum absolute atomic E-state index is 0.0318. The predicted octanol–water partition coefficient (Wildman–Crippen LogP) is 1.95. The Morgan fingerprint density at radius 3 is 2.69 bits per heavy atom. The number of rotatable bonds is 7. The Balaban J connectivity index is 2.18. The van der Waals surface area contributed by atoms with Crippen molar-refractivity contribution in [2.45, 2.75) is 19.8 Å². The van der Waals surface area contributed by atoms with Crippen molar-refractivity contribution >= 4 is 23.7 Å². The lowest BCUT2D eigenvalue weighted by molar-refractivity contribution is -0.137. The van der Waals surface area contributed by atoms with Crippen molar-refractivity contribution in [3.05, 3.63) is 41.7 Å². The third kappa shape index (κ3) is 5.07. The van der Waals surface area contributed by atoms with Crippen LogP contribution in [0.5, 0.6) is 0 Å². The molecule has 0 fully saturated rings. The zero-order valence-corrected chi connectivity index (χ0v) is 14.5. The molecule has 0 radical (unpaired) electrons. The number of carboxylic acids is 1. The van der Waals surface area contributed by atoms with Gasteiger partial charge in [-0.05, 0) is 37.1 Å². The second kappa shape index (κ2) is 8.65. The summed E-state index contributed by atoms with van der Waals surface area (Å²) in [5.74, 6) is -1.45. The van der Waals surface area contributed by atoms with E-state index in [1.807, 2.05) is 6.92 Å². The third-order valence-electron chi connectivity index (χ3n) is 3.48. The summed E-state index contributed by atoms with van der Waals surface area (Å²) in [5.41, 5.74) is 2.16. The van der Waals surface area contributed by atoms with Crippen LogP contribution in [0.15, 0.2) is 30.6 Å². The van der Waals surface area contributed by atoms with Crippen LogP contribution in [-0.2, 0) is 9.53 Å².